The fourth-order valence-corrected chi connectivity index (χ4v) is 3.94. The van der Waals surface area contributed by atoms with Gasteiger partial charge in [-0.2, -0.15) is 0 Å². The summed E-state index contributed by atoms with van der Waals surface area (Å²) < 4.78 is 0. The quantitative estimate of drug-likeness (QED) is 0.717. The lowest BCUT2D eigenvalue weighted by atomic mass is 9.99. The van der Waals surface area contributed by atoms with Gasteiger partial charge < -0.3 is 4.90 Å². The molecule has 3 nitrogen and oxygen atoms in total. The number of hydrogen-bond acceptors (Lipinski definition) is 4. The molecule has 1 aliphatic rings. The van der Waals surface area contributed by atoms with E-state index in [1.54, 1.807) is 6.07 Å². The minimum Gasteiger partial charge on any atom is -0.355 e. The monoisotopic (exact) mass is 367 g/mol. The Bertz CT molecular complexity index is 700. The van der Waals surface area contributed by atoms with Crippen LogP contribution >= 0.6 is 35.0 Å². The molecule has 23 heavy (non-hydrogen) atoms. The molecule has 0 unspecified atom stereocenters. The van der Waals surface area contributed by atoms with Crippen molar-refractivity contribution < 1.29 is 0 Å². The maximum absolute atomic E-state index is 6.25. The minimum absolute atomic E-state index is 0.557. The first-order valence-corrected chi connectivity index (χ1v) is 9.32. The van der Waals surface area contributed by atoms with Crippen LogP contribution in [0.15, 0.2) is 34.3 Å². The lowest BCUT2D eigenvalue weighted by Gasteiger charge is -2.31. The number of anilines is 1. The largest absolute Gasteiger partial charge is 0.355 e. The number of nitrogens with zero attached hydrogens (tertiary/aromatic N) is 3. The van der Waals surface area contributed by atoms with E-state index in [0.717, 1.165) is 40.4 Å². The van der Waals surface area contributed by atoms with Crippen molar-refractivity contribution in [2.75, 3.05) is 18.0 Å². The molecule has 0 radical (unpaired) electrons. The van der Waals surface area contributed by atoms with Crippen molar-refractivity contribution in [3.05, 3.63) is 40.1 Å². The molecule has 122 valence electrons. The van der Waals surface area contributed by atoms with E-state index in [0.29, 0.717) is 10.0 Å². The maximum Gasteiger partial charge on any atom is 0.147 e. The third-order valence-electron chi connectivity index (χ3n) is 4.12. The molecule has 2 aromatic rings. The van der Waals surface area contributed by atoms with Crippen LogP contribution in [0.4, 0.5) is 5.82 Å². The van der Waals surface area contributed by atoms with Crippen molar-refractivity contribution in [1.29, 1.82) is 0 Å². The molecule has 1 aromatic carbocycles. The van der Waals surface area contributed by atoms with Crippen LogP contribution in [0, 0.1) is 12.8 Å². The first-order chi connectivity index (χ1) is 11.0. The van der Waals surface area contributed by atoms with Gasteiger partial charge in [0.25, 0.3) is 0 Å². The van der Waals surface area contributed by atoms with E-state index in [2.05, 4.69) is 16.8 Å². The van der Waals surface area contributed by atoms with Gasteiger partial charge in [-0.05, 0) is 37.8 Å². The zero-order valence-electron chi connectivity index (χ0n) is 13.2. The first kappa shape index (κ1) is 16.9. The summed E-state index contributed by atoms with van der Waals surface area (Å²) in [6.45, 7) is 6.41. The molecule has 0 spiro atoms. The number of benzene rings is 1. The van der Waals surface area contributed by atoms with Crippen LogP contribution in [0.5, 0.6) is 0 Å². The molecule has 1 saturated heterocycles. The lowest BCUT2D eigenvalue weighted by Crippen LogP contribution is -2.33. The zero-order valence-corrected chi connectivity index (χ0v) is 15.5. The van der Waals surface area contributed by atoms with Crippen molar-refractivity contribution in [2.45, 2.75) is 36.6 Å². The highest BCUT2D eigenvalue weighted by Crippen LogP contribution is 2.37. The molecule has 6 heteroatoms. The summed E-state index contributed by atoms with van der Waals surface area (Å²) in [6, 6.07) is 5.62. The second-order valence-corrected chi connectivity index (χ2v) is 7.76. The summed E-state index contributed by atoms with van der Waals surface area (Å²) >= 11 is 13.8. The molecule has 0 saturated carbocycles. The average molecular weight is 368 g/mol. The molecule has 1 aliphatic heterocycles. The van der Waals surface area contributed by atoms with Gasteiger partial charge in [-0.3, -0.25) is 0 Å². The van der Waals surface area contributed by atoms with Crippen LogP contribution < -0.4 is 4.90 Å². The summed E-state index contributed by atoms with van der Waals surface area (Å²) in [5, 5.41) is 1.99. The molecule has 1 fully saturated rings. The van der Waals surface area contributed by atoms with Gasteiger partial charge in [0.05, 0.1) is 21.9 Å². The van der Waals surface area contributed by atoms with Crippen molar-refractivity contribution in [3.63, 3.8) is 0 Å². The molecule has 0 aliphatic carbocycles. The highest BCUT2D eigenvalue weighted by molar-refractivity contribution is 7.99. The maximum atomic E-state index is 6.25. The van der Waals surface area contributed by atoms with Crippen molar-refractivity contribution >= 4 is 40.8 Å². The topological polar surface area (TPSA) is 29.0 Å². The summed E-state index contributed by atoms with van der Waals surface area (Å²) in [7, 11) is 0. The van der Waals surface area contributed by atoms with Crippen LogP contribution in [0.3, 0.4) is 0 Å². The Morgan fingerprint density at radius 2 is 1.96 bits per heavy atom. The molecule has 0 N–H and O–H groups in total. The fourth-order valence-electron chi connectivity index (χ4n) is 2.62. The van der Waals surface area contributed by atoms with Gasteiger partial charge >= 0.3 is 0 Å². The second kappa shape index (κ2) is 7.29. The molecule has 0 atom stereocenters. The normalized spacial score (nSPS) is 15.9. The van der Waals surface area contributed by atoms with E-state index in [-0.39, 0.29) is 0 Å². The van der Waals surface area contributed by atoms with Crippen LogP contribution in [0.1, 0.15) is 25.5 Å². The molecule has 0 bridgehead atoms. The molecule has 0 amide bonds. The van der Waals surface area contributed by atoms with E-state index in [4.69, 9.17) is 28.2 Å². The van der Waals surface area contributed by atoms with Gasteiger partial charge in [0.2, 0.25) is 0 Å². The van der Waals surface area contributed by atoms with Gasteiger partial charge in [0.15, 0.2) is 0 Å². The number of hydrogen-bond donors (Lipinski definition) is 0. The highest BCUT2D eigenvalue weighted by Gasteiger charge is 2.18. The summed E-state index contributed by atoms with van der Waals surface area (Å²) in [6.07, 6.45) is 4.30. The molecule has 2 heterocycles. The zero-order chi connectivity index (χ0) is 16.4. The van der Waals surface area contributed by atoms with Crippen LogP contribution in [0.2, 0.25) is 10.0 Å². The van der Waals surface area contributed by atoms with Crippen LogP contribution in [-0.2, 0) is 0 Å². The number of aryl methyl sites for hydroxylation is 1. The van der Waals surface area contributed by atoms with Gasteiger partial charge in [0.1, 0.15) is 10.8 Å². The number of rotatable bonds is 3. The molecular weight excluding hydrogens is 349 g/mol. The number of aromatic nitrogens is 2. The Morgan fingerprint density at radius 1 is 1.22 bits per heavy atom. The summed E-state index contributed by atoms with van der Waals surface area (Å²) in [5.41, 5.74) is 0.919. The van der Waals surface area contributed by atoms with Crippen molar-refractivity contribution in [2.24, 2.45) is 5.92 Å². The standard InChI is InChI=1S/C17H19Cl2N3S/c1-11-6-8-22(9-7-11)15-10-20-17(12(2)21-15)23-14-5-3-4-13(18)16(14)19/h3-5,10-11H,6-9H2,1-2H3. The van der Waals surface area contributed by atoms with Gasteiger partial charge in [-0.25, -0.2) is 9.97 Å². The van der Waals surface area contributed by atoms with Crippen molar-refractivity contribution in [1.82, 2.24) is 9.97 Å². The van der Waals surface area contributed by atoms with Gasteiger partial charge in [-0.15, -0.1) is 0 Å². The van der Waals surface area contributed by atoms with E-state index < -0.39 is 0 Å². The Morgan fingerprint density at radius 3 is 2.65 bits per heavy atom. The Balaban J connectivity index is 1.78. The van der Waals surface area contributed by atoms with E-state index >= 15 is 0 Å². The average Bonchev–Trinajstić information content (AvgIpc) is 2.54. The van der Waals surface area contributed by atoms with Crippen LogP contribution in [-0.4, -0.2) is 23.1 Å². The van der Waals surface area contributed by atoms with Gasteiger partial charge in [-0.1, -0.05) is 48.0 Å². The van der Waals surface area contributed by atoms with E-state index in [1.807, 2.05) is 25.3 Å². The Labute approximate surface area is 151 Å². The number of piperidine rings is 1. The summed E-state index contributed by atoms with van der Waals surface area (Å²) in [5.74, 6) is 1.77. The minimum atomic E-state index is 0.557. The second-order valence-electron chi connectivity index (χ2n) is 5.94. The van der Waals surface area contributed by atoms with Crippen LogP contribution in [0.25, 0.3) is 0 Å². The third kappa shape index (κ3) is 3.93. The molecule has 1 aromatic heterocycles. The summed E-state index contributed by atoms with van der Waals surface area (Å²) in [4.78, 5) is 12.6. The van der Waals surface area contributed by atoms with Gasteiger partial charge in [0, 0.05) is 18.0 Å². The van der Waals surface area contributed by atoms with E-state index in [9.17, 15) is 0 Å². The smallest absolute Gasteiger partial charge is 0.147 e. The molecule has 3 rings (SSSR count). The highest BCUT2D eigenvalue weighted by atomic mass is 35.5. The predicted octanol–water partition coefficient (Wildman–Crippen LogP) is 5.48. The Kier molecular flexibility index (Phi) is 5.34. The predicted molar refractivity (Wildman–Crippen MR) is 98.0 cm³/mol. The lowest BCUT2D eigenvalue weighted by molar-refractivity contribution is 0.436. The van der Waals surface area contributed by atoms with Crippen molar-refractivity contribution in [3.8, 4) is 0 Å². The fraction of sp³-hybridized carbons (Fsp3) is 0.412. The SMILES string of the molecule is Cc1nc(N2CCC(C)CC2)cnc1Sc1cccc(Cl)c1Cl. The molecular formula is C17H19Cl2N3S. The Hall–Kier alpha value is -0.970. The first-order valence-electron chi connectivity index (χ1n) is 7.75. The number of halogens is 2. The van der Waals surface area contributed by atoms with E-state index in [1.165, 1.54) is 24.6 Å². The third-order valence-corrected chi connectivity index (χ3v) is 6.20.